The molecule has 2 rings (SSSR count). The first-order valence-corrected chi connectivity index (χ1v) is 4.32. The summed E-state index contributed by atoms with van der Waals surface area (Å²) in [5.74, 6) is 1.25. The fraction of sp³-hybridized carbons (Fsp3) is 0.600. The SMILES string of the molecule is C=CC[C@@]12CCC=C1OCC2. The van der Waals surface area contributed by atoms with Crippen molar-refractivity contribution in [3.05, 3.63) is 24.5 Å². The van der Waals surface area contributed by atoms with Crippen LogP contribution in [0.5, 0.6) is 0 Å². The zero-order valence-electron chi connectivity index (χ0n) is 6.81. The minimum atomic E-state index is 0.377. The highest BCUT2D eigenvalue weighted by molar-refractivity contribution is 5.19. The fourth-order valence-corrected chi connectivity index (χ4v) is 2.22. The van der Waals surface area contributed by atoms with Crippen LogP contribution in [0.3, 0.4) is 0 Å². The first-order valence-electron chi connectivity index (χ1n) is 4.32. The molecule has 0 amide bonds. The minimum absolute atomic E-state index is 0.377. The van der Waals surface area contributed by atoms with E-state index in [1.807, 2.05) is 6.08 Å². The molecule has 1 saturated heterocycles. The summed E-state index contributed by atoms with van der Waals surface area (Å²) in [7, 11) is 0. The van der Waals surface area contributed by atoms with Crippen LogP contribution in [0.1, 0.15) is 25.7 Å². The van der Waals surface area contributed by atoms with Gasteiger partial charge in [-0.15, -0.1) is 6.58 Å². The van der Waals surface area contributed by atoms with Gasteiger partial charge in [-0.05, 0) is 31.8 Å². The van der Waals surface area contributed by atoms with Crippen molar-refractivity contribution in [1.29, 1.82) is 0 Å². The van der Waals surface area contributed by atoms with Crippen molar-refractivity contribution in [2.45, 2.75) is 25.7 Å². The highest BCUT2D eigenvalue weighted by Crippen LogP contribution is 2.49. The highest BCUT2D eigenvalue weighted by atomic mass is 16.5. The van der Waals surface area contributed by atoms with Gasteiger partial charge in [-0.25, -0.2) is 0 Å². The molecule has 0 aromatic carbocycles. The van der Waals surface area contributed by atoms with Crippen LogP contribution in [0.25, 0.3) is 0 Å². The Morgan fingerprint density at radius 2 is 2.55 bits per heavy atom. The Morgan fingerprint density at radius 3 is 3.36 bits per heavy atom. The van der Waals surface area contributed by atoms with Crippen LogP contribution >= 0.6 is 0 Å². The van der Waals surface area contributed by atoms with E-state index in [0.717, 1.165) is 13.0 Å². The van der Waals surface area contributed by atoms with E-state index in [9.17, 15) is 0 Å². The van der Waals surface area contributed by atoms with E-state index in [-0.39, 0.29) is 0 Å². The molecule has 1 aliphatic heterocycles. The molecule has 1 aliphatic carbocycles. The summed E-state index contributed by atoms with van der Waals surface area (Å²) in [6.07, 6.45) is 9.03. The maximum Gasteiger partial charge on any atom is 0.0986 e. The average molecular weight is 150 g/mol. The number of rotatable bonds is 2. The lowest BCUT2D eigenvalue weighted by molar-refractivity contribution is 0.247. The predicted molar refractivity (Wildman–Crippen MR) is 45.1 cm³/mol. The van der Waals surface area contributed by atoms with E-state index in [4.69, 9.17) is 4.74 Å². The molecule has 1 heterocycles. The van der Waals surface area contributed by atoms with Crippen LogP contribution < -0.4 is 0 Å². The Balaban J connectivity index is 2.22. The van der Waals surface area contributed by atoms with E-state index in [1.54, 1.807) is 0 Å². The number of hydrogen-bond acceptors (Lipinski definition) is 1. The Labute approximate surface area is 67.7 Å². The van der Waals surface area contributed by atoms with Crippen molar-refractivity contribution in [3.8, 4) is 0 Å². The lowest BCUT2D eigenvalue weighted by Gasteiger charge is -2.21. The zero-order chi connectivity index (χ0) is 7.73. The predicted octanol–water partition coefficient (Wildman–Crippen LogP) is 2.65. The van der Waals surface area contributed by atoms with Gasteiger partial charge in [0, 0.05) is 5.41 Å². The maximum atomic E-state index is 5.55. The lowest BCUT2D eigenvalue weighted by Crippen LogP contribution is -2.13. The Kier molecular flexibility index (Phi) is 1.52. The molecule has 1 atom stereocenters. The quantitative estimate of drug-likeness (QED) is 0.550. The third kappa shape index (κ3) is 0.907. The standard InChI is InChI=1S/C10H14O/c1-2-5-10-6-3-4-9(10)11-8-7-10/h2,4H,1,3,5-8H2/t10-/m0/s1. The van der Waals surface area contributed by atoms with Gasteiger partial charge in [0.2, 0.25) is 0 Å². The molecule has 1 nitrogen and oxygen atoms in total. The largest absolute Gasteiger partial charge is 0.498 e. The number of fused-ring (bicyclic) bond motifs is 1. The van der Waals surface area contributed by atoms with Crippen LogP contribution in [-0.2, 0) is 4.74 Å². The molecule has 0 aromatic heterocycles. The second-order valence-corrected chi connectivity index (χ2v) is 3.48. The third-order valence-corrected chi connectivity index (χ3v) is 2.85. The van der Waals surface area contributed by atoms with Crippen LogP contribution in [0.2, 0.25) is 0 Å². The minimum Gasteiger partial charge on any atom is -0.498 e. The molecule has 2 aliphatic rings. The molecule has 0 unspecified atom stereocenters. The topological polar surface area (TPSA) is 9.23 Å². The zero-order valence-corrected chi connectivity index (χ0v) is 6.81. The molecular formula is C10H14O. The van der Waals surface area contributed by atoms with Crippen molar-refractivity contribution in [1.82, 2.24) is 0 Å². The summed E-state index contributed by atoms with van der Waals surface area (Å²) < 4.78 is 5.55. The molecule has 0 radical (unpaired) electrons. The first kappa shape index (κ1) is 6.96. The van der Waals surface area contributed by atoms with Crippen molar-refractivity contribution >= 4 is 0 Å². The molecule has 11 heavy (non-hydrogen) atoms. The van der Waals surface area contributed by atoms with Crippen molar-refractivity contribution < 1.29 is 4.74 Å². The van der Waals surface area contributed by atoms with Gasteiger partial charge < -0.3 is 4.74 Å². The monoisotopic (exact) mass is 150 g/mol. The Hall–Kier alpha value is -0.720. The normalized spacial score (nSPS) is 34.4. The average Bonchev–Trinajstić information content (AvgIpc) is 2.45. The van der Waals surface area contributed by atoms with Gasteiger partial charge in [0.05, 0.1) is 12.4 Å². The summed E-state index contributed by atoms with van der Waals surface area (Å²) >= 11 is 0. The van der Waals surface area contributed by atoms with Crippen molar-refractivity contribution in [2.75, 3.05) is 6.61 Å². The van der Waals surface area contributed by atoms with Crippen LogP contribution in [-0.4, -0.2) is 6.61 Å². The van der Waals surface area contributed by atoms with Gasteiger partial charge in [0.1, 0.15) is 0 Å². The highest BCUT2D eigenvalue weighted by Gasteiger charge is 2.41. The van der Waals surface area contributed by atoms with Gasteiger partial charge in [0.25, 0.3) is 0 Å². The first-order chi connectivity index (χ1) is 5.37. The lowest BCUT2D eigenvalue weighted by atomic mass is 9.81. The number of allylic oxidation sites excluding steroid dienone is 3. The molecule has 1 fully saturated rings. The smallest absolute Gasteiger partial charge is 0.0986 e. The van der Waals surface area contributed by atoms with E-state index in [1.165, 1.54) is 25.0 Å². The fourth-order valence-electron chi connectivity index (χ4n) is 2.22. The van der Waals surface area contributed by atoms with Crippen LogP contribution in [0.4, 0.5) is 0 Å². The van der Waals surface area contributed by atoms with E-state index >= 15 is 0 Å². The summed E-state index contributed by atoms with van der Waals surface area (Å²) in [6.45, 7) is 4.71. The third-order valence-electron chi connectivity index (χ3n) is 2.85. The van der Waals surface area contributed by atoms with Gasteiger partial charge in [0.15, 0.2) is 0 Å². The molecular weight excluding hydrogens is 136 g/mol. The van der Waals surface area contributed by atoms with Gasteiger partial charge in [-0.1, -0.05) is 6.08 Å². The van der Waals surface area contributed by atoms with Gasteiger partial charge in [-0.2, -0.15) is 0 Å². The molecule has 0 bridgehead atoms. The molecule has 0 spiro atoms. The molecule has 0 saturated carbocycles. The summed E-state index contributed by atoms with van der Waals surface area (Å²) in [5.41, 5.74) is 0.377. The summed E-state index contributed by atoms with van der Waals surface area (Å²) in [4.78, 5) is 0. The Bertz CT molecular complexity index is 205. The molecule has 1 heteroatoms. The number of ether oxygens (including phenoxy) is 1. The van der Waals surface area contributed by atoms with Crippen LogP contribution in [0, 0.1) is 5.41 Å². The second-order valence-electron chi connectivity index (χ2n) is 3.48. The van der Waals surface area contributed by atoms with Crippen molar-refractivity contribution in [3.63, 3.8) is 0 Å². The Morgan fingerprint density at radius 1 is 1.64 bits per heavy atom. The van der Waals surface area contributed by atoms with E-state index in [2.05, 4.69) is 12.7 Å². The number of hydrogen-bond donors (Lipinski definition) is 0. The second kappa shape index (κ2) is 2.40. The van der Waals surface area contributed by atoms with E-state index < -0.39 is 0 Å². The summed E-state index contributed by atoms with van der Waals surface area (Å²) in [6, 6.07) is 0. The molecule has 0 N–H and O–H groups in total. The summed E-state index contributed by atoms with van der Waals surface area (Å²) in [5, 5.41) is 0. The molecule has 0 aromatic rings. The van der Waals surface area contributed by atoms with Crippen LogP contribution in [0.15, 0.2) is 24.5 Å². The maximum absolute atomic E-state index is 5.55. The van der Waals surface area contributed by atoms with Gasteiger partial charge in [-0.3, -0.25) is 0 Å². The van der Waals surface area contributed by atoms with Gasteiger partial charge >= 0.3 is 0 Å². The molecule has 60 valence electrons. The van der Waals surface area contributed by atoms with E-state index in [0.29, 0.717) is 5.41 Å². The van der Waals surface area contributed by atoms with Crippen molar-refractivity contribution in [2.24, 2.45) is 5.41 Å².